The minimum atomic E-state index is 0.0523. The van der Waals surface area contributed by atoms with E-state index >= 15 is 0 Å². The molecular weight excluding hydrogens is 512 g/mol. The summed E-state index contributed by atoms with van der Waals surface area (Å²) >= 11 is 1.70. The van der Waals surface area contributed by atoms with Crippen molar-refractivity contribution in [3.05, 3.63) is 108 Å². The fourth-order valence-corrected chi connectivity index (χ4v) is 5.34. The molecule has 4 aromatic rings. The van der Waals surface area contributed by atoms with Gasteiger partial charge < -0.3 is 9.88 Å². The van der Waals surface area contributed by atoms with E-state index in [1.165, 1.54) is 21.3 Å². The van der Waals surface area contributed by atoms with Gasteiger partial charge in [-0.05, 0) is 55.0 Å². The summed E-state index contributed by atoms with van der Waals surface area (Å²) in [4.78, 5) is 23.2. The number of fused-ring (bicyclic) bond motifs is 1. The van der Waals surface area contributed by atoms with Crippen LogP contribution in [-0.4, -0.2) is 16.3 Å². The van der Waals surface area contributed by atoms with E-state index in [2.05, 4.69) is 60.6 Å². The summed E-state index contributed by atoms with van der Waals surface area (Å²) in [5.74, 6) is 0.207. The number of allylic oxidation sites excluding steroid dienone is 4. The van der Waals surface area contributed by atoms with Crippen LogP contribution in [0.1, 0.15) is 86.7 Å². The molecule has 4 nitrogen and oxygen atoms in total. The lowest BCUT2D eigenvalue weighted by atomic mass is 10.0. The van der Waals surface area contributed by atoms with E-state index in [-0.39, 0.29) is 11.7 Å². The summed E-state index contributed by atoms with van der Waals surface area (Å²) in [5.41, 5.74) is 5.41. The fourth-order valence-electron chi connectivity index (χ4n) is 4.35. The topological polar surface area (TPSA) is 51.1 Å². The van der Waals surface area contributed by atoms with E-state index in [1.807, 2.05) is 64.1 Å². The van der Waals surface area contributed by atoms with Gasteiger partial charge in [0.15, 0.2) is 5.78 Å². The van der Waals surface area contributed by atoms with Crippen LogP contribution in [0.4, 0.5) is 0 Å². The Morgan fingerprint density at radius 1 is 1.00 bits per heavy atom. The molecule has 3 heterocycles. The van der Waals surface area contributed by atoms with Crippen LogP contribution in [0.25, 0.3) is 21.0 Å². The molecule has 0 fully saturated rings. The molecule has 0 aliphatic carbocycles. The van der Waals surface area contributed by atoms with Crippen molar-refractivity contribution in [3.8, 4) is 0 Å². The van der Waals surface area contributed by atoms with Crippen LogP contribution in [0.3, 0.4) is 0 Å². The number of hydrogen-bond acceptors (Lipinski definition) is 3. The maximum absolute atomic E-state index is 11.7. The van der Waals surface area contributed by atoms with Crippen molar-refractivity contribution in [2.24, 2.45) is 0 Å². The predicted molar refractivity (Wildman–Crippen MR) is 177 cm³/mol. The Labute approximate surface area is 245 Å². The first kappa shape index (κ1) is 34.3. The van der Waals surface area contributed by atoms with Crippen molar-refractivity contribution >= 4 is 44.0 Å². The number of ketones is 1. The molecule has 5 rings (SSSR count). The lowest BCUT2D eigenvalue weighted by Gasteiger charge is -2.12. The van der Waals surface area contributed by atoms with Gasteiger partial charge in [-0.3, -0.25) is 9.59 Å². The lowest BCUT2D eigenvalue weighted by molar-refractivity contribution is 0.0948. The van der Waals surface area contributed by atoms with Crippen LogP contribution in [0.15, 0.2) is 85.4 Å². The zero-order valence-corrected chi connectivity index (χ0v) is 26.2. The molecule has 1 amide bonds. The molecule has 0 saturated heterocycles. The highest BCUT2D eigenvalue weighted by Crippen LogP contribution is 2.31. The summed E-state index contributed by atoms with van der Waals surface area (Å²) in [5, 5.41) is 7.28. The zero-order chi connectivity index (χ0) is 30.1. The molecule has 0 unspecified atom stereocenters. The Kier molecular flexibility index (Phi) is 15.9. The molecule has 1 N–H and O–H groups in total. The van der Waals surface area contributed by atoms with E-state index in [0.29, 0.717) is 6.54 Å². The Morgan fingerprint density at radius 3 is 2.23 bits per heavy atom. The Hall–Kier alpha value is -3.70. The number of benzene rings is 2. The Morgan fingerprint density at radius 2 is 1.65 bits per heavy atom. The van der Waals surface area contributed by atoms with E-state index in [9.17, 15) is 9.59 Å². The third kappa shape index (κ3) is 8.65. The van der Waals surface area contributed by atoms with Gasteiger partial charge in [0, 0.05) is 51.4 Å². The number of aromatic nitrogens is 1. The largest absolute Gasteiger partial charge is 0.348 e. The molecule has 1 aliphatic rings. The van der Waals surface area contributed by atoms with Crippen molar-refractivity contribution in [1.82, 2.24) is 9.88 Å². The minimum Gasteiger partial charge on any atom is -0.348 e. The SMILES string of the molecule is C=C/C=C/C=C.CC.CC.CCCc1cn(CC)c2cccc(C(C)=O)c12.O=C1NCc2csc3cccc1c23. The molecule has 0 spiro atoms. The normalized spacial score (nSPS) is 11.0. The number of amides is 1. The van der Waals surface area contributed by atoms with Crippen LogP contribution in [-0.2, 0) is 19.5 Å². The number of nitrogens with one attached hydrogen (secondary N) is 1. The first-order chi connectivity index (χ1) is 19.5. The highest BCUT2D eigenvalue weighted by molar-refractivity contribution is 7.17. The van der Waals surface area contributed by atoms with Crippen molar-refractivity contribution in [1.29, 1.82) is 0 Å². The smallest absolute Gasteiger partial charge is 0.252 e. The number of Topliss-reactive ketones (excluding diaryl/α,β-unsaturated/α-hetero) is 1. The maximum Gasteiger partial charge on any atom is 0.252 e. The standard InChI is InChI=1S/C15H19NO.C10H7NOS.C6H8.2C2H6/c1-4-7-12-10-16(5-2)14-9-6-8-13(11(3)17)15(12)14;12-10-7-2-1-3-8-9(7)6(4-11-10)5-13-8;1-3-5-6-4-2;2*1-2/h6,8-10H,4-5,7H2,1-3H3;1-3,5H,4H2,(H,11,12);3-6H,1-2H2;2*1-2H3/b;;6-5+;;. The van der Waals surface area contributed by atoms with Gasteiger partial charge in [0.2, 0.25) is 0 Å². The zero-order valence-electron chi connectivity index (χ0n) is 25.3. The van der Waals surface area contributed by atoms with E-state index in [0.717, 1.165) is 41.3 Å². The summed E-state index contributed by atoms with van der Waals surface area (Å²) in [6.07, 6.45) is 11.4. The summed E-state index contributed by atoms with van der Waals surface area (Å²) in [6, 6.07) is 11.9. The molecule has 0 radical (unpaired) electrons. The highest BCUT2D eigenvalue weighted by Gasteiger charge is 2.19. The Bertz CT molecular complexity index is 1410. The number of rotatable bonds is 6. The Balaban J connectivity index is 0.000000308. The second-order valence-corrected chi connectivity index (χ2v) is 9.34. The molecule has 2 aromatic carbocycles. The molecule has 0 saturated carbocycles. The van der Waals surface area contributed by atoms with Gasteiger partial charge in [-0.1, -0.05) is 96.7 Å². The molecule has 0 bridgehead atoms. The van der Waals surface area contributed by atoms with Gasteiger partial charge in [-0.15, -0.1) is 11.3 Å². The fraction of sp³-hybridized carbons (Fsp3) is 0.314. The predicted octanol–water partition coefficient (Wildman–Crippen LogP) is 9.93. The van der Waals surface area contributed by atoms with E-state index in [4.69, 9.17) is 0 Å². The summed E-state index contributed by atoms with van der Waals surface area (Å²) < 4.78 is 3.44. The molecule has 40 heavy (non-hydrogen) atoms. The van der Waals surface area contributed by atoms with Crippen molar-refractivity contribution in [2.45, 2.75) is 74.4 Å². The number of nitrogens with zero attached hydrogens (tertiary/aromatic N) is 1. The third-order valence-corrected chi connectivity index (χ3v) is 6.96. The minimum absolute atomic E-state index is 0.0523. The number of thiophene rings is 1. The molecule has 2 aromatic heterocycles. The van der Waals surface area contributed by atoms with Crippen molar-refractivity contribution < 1.29 is 9.59 Å². The number of hydrogen-bond donors (Lipinski definition) is 1. The van der Waals surface area contributed by atoms with Crippen LogP contribution < -0.4 is 5.32 Å². The van der Waals surface area contributed by atoms with Crippen molar-refractivity contribution in [2.75, 3.05) is 0 Å². The average molecular weight is 559 g/mol. The van der Waals surface area contributed by atoms with Crippen LogP contribution in [0.2, 0.25) is 0 Å². The molecule has 0 atom stereocenters. The van der Waals surface area contributed by atoms with Crippen LogP contribution in [0, 0.1) is 0 Å². The summed E-state index contributed by atoms with van der Waals surface area (Å²) in [6.45, 7) is 22.5. The summed E-state index contributed by atoms with van der Waals surface area (Å²) in [7, 11) is 0. The van der Waals surface area contributed by atoms with E-state index < -0.39 is 0 Å². The molecule has 214 valence electrons. The second kappa shape index (κ2) is 18.6. The van der Waals surface area contributed by atoms with Crippen molar-refractivity contribution in [3.63, 3.8) is 0 Å². The number of carbonyl (C=O) groups excluding carboxylic acids is 2. The van der Waals surface area contributed by atoms with Gasteiger partial charge in [0.05, 0.1) is 0 Å². The van der Waals surface area contributed by atoms with Gasteiger partial charge in [-0.2, -0.15) is 0 Å². The van der Waals surface area contributed by atoms with E-state index in [1.54, 1.807) is 30.4 Å². The third-order valence-electron chi connectivity index (χ3n) is 5.97. The number of aryl methyl sites for hydroxylation is 2. The lowest BCUT2D eigenvalue weighted by Crippen LogP contribution is -2.26. The van der Waals surface area contributed by atoms with Gasteiger partial charge >= 0.3 is 0 Å². The average Bonchev–Trinajstić information content (AvgIpc) is 3.59. The first-order valence-corrected chi connectivity index (χ1v) is 15.1. The highest BCUT2D eigenvalue weighted by atomic mass is 32.1. The second-order valence-electron chi connectivity index (χ2n) is 8.42. The van der Waals surface area contributed by atoms with Gasteiger partial charge in [0.1, 0.15) is 0 Å². The molecular formula is C35H46N2O2S. The van der Waals surface area contributed by atoms with Gasteiger partial charge in [0.25, 0.3) is 5.91 Å². The molecule has 5 heteroatoms. The monoisotopic (exact) mass is 558 g/mol. The van der Waals surface area contributed by atoms with Gasteiger partial charge in [-0.25, -0.2) is 0 Å². The van der Waals surface area contributed by atoms with Crippen LogP contribution in [0.5, 0.6) is 0 Å². The number of carbonyl (C=O) groups is 2. The van der Waals surface area contributed by atoms with Crippen LogP contribution >= 0.6 is 11.3 Å². The quantitative estimate of drug-likeness (QED) is 0.189. The molecule has 1 aliphatic heterocycles. The first-order valence-electron chi connectivity index (χ1n) is 14.3. The maximum atomic E-state index is 11.7.